The molecule has 17 heavy (non-hydrogen) atoms. The first-order chi connectivity index (χ1) is 8.25. The van der Waals surface area contributed by atoms with Gasteiger partial charge in [0.1, 0.15) is 5.76 Å². The van der Waals surface area contributed by atoms with Crippen LogP contribution in [0.3, 0.4) is 0 Å². The Labute approximate surface area is 98.9 Å². The lowest BCUT2D eigenvalue weighted by molar-refractivity contribution is 0.0696. The molecule has 0 aliphatic carbocycles. The van der Waals surface area contributed by atoms with E-state index in [2.05, 4.69) is 5.32 Å². The van der Waals surface area contributed by atoms with Gasteiger partial charge in [0.15, 0.2) is 0 Å². The zero-order valence-electron chi connectivity index (χ0n) is 9.22. The standard InChI is InChI=1S/C13H13NO3/c15-13(16)11-4-1-3-10(7-11)8-14-9-12-5-2-6-17-12/h1-7,14H,8-9H2,(H,15,16). The SMILES string of the molecule is O=C(O)c1cccc(CNCc2ccco2)c1. The Hall–Kier alpha value is -2.07. The molecule has 0 saturated carbocycles. The maximum Gasteiger partial charge on any atom is 0.335 e. The molecular weight excluding hydrogens is 218 g/mol. The topological polar surface area (TPSA) is 62.5 Å². The second-order valence-electron chi connectivity index (χ2n) is 3.69. The number of furan rings is 1. The molecule has 0 atom stereocenters. The summed E-state index contributed by atoms with van der Waals surface area (Å²) in [6.45, 7) is 1.24. The Bertz CT molecular complexity index is 491. The molecule has 0 aliphatic rings. The normalized spacial score (nSPS) is 10.4. The highest BCUT2D eigenvalue weighted by Gasteiger charge is 2.03. The van der Waals surface area contributed by atoms with Crippen molar-refractivity contribution in [2.75, 3.05) is 0 Å². The molecule has 0 bridgehead atoms. The summed E-state index contributed by atoms with van der Waals surface area (Å²) in [6.07, 6.45) is 1.63. The van der Waals surface area contributed by atoms with Crippen molar-refractivity contribution in [2.45, 2.75) is 13.1 Å². The molecular formula is C13H13NO3. The van der Waals surface area contributed by atoms with Crippen molar-refractivity contribution in [1.82, 2.24) is 5.32 Å². The Balaban J connectivity index is 1.90. The van der Waals surface area contributed by atoms with Crippen molar-refractivity contribution >= 4 is 5.97 Å². The van der Waals surface area contributed by atoms with Crippen LogP contribution in [0.5, 0.6) is 0 Å². The molecule has 0 fully saturated rings. The second-order valence-corrected chi connectivity index (χ2v) is 3.69. The maximum absolute atomic E-state index is 10.8. The van der Waals surface area contributed by atoms with E-state index in [1.165, 1.54) is 0 Å². The number of carbonyl (C=O) groups is 1. The molecule has 1 aromatic carbocycles. The van der Waals surface area contributed by atoms with Crippen LogP contribution in [0, 0.1) is 0 Å². The van der Waals surface area contributed by atoms with E-state index in [0.717, 1.165) is 11.3 Å². The molecule has 0 radical (unpaired) electrons. The molecule has 0 amide bonds. The first-order valence-corrected chi connectivity index (χ1v) is 5.31. The van der Waals surface area contributed by atoms with Gasteiger partial charge in [-0.05, 0) is 29.8 Å². The zero-order valence-corrected chi connectivity index (χ0v) is 9.22. The van der Waals surface area contributed by atoms with Gasteiger partial charge in [-0.25, -0.2) is 4.79 Å². The number of hydrogen-bond donors (Lipinski definition) is 2. The molecule has 2 N–H and O–H groups in total. The van der Waals surface area contributed by atoms with Crippen molar-refractivity contribution < 1.29 is 14.3 Å². The minimum Gasteiger partial charge on any atom is -0.478 e. The summed E-state index contributed by atoms with van der Waals surface area (Å²) in [5, 5.41) is 12.0. The molecule has 1 heterocycles. The summed E-state index contributed by atoms with van der Waals surface area (Å²) in [4.78, 5) is 10.8. The third kappa shape index (κ3) is 3.19. The molecule has 4 heteroatoms. The number of carboxylic acid groups (broad SMARTS) is 1. The molecule has 88 valence electrons. The predicted molar refractivity (Wildman–Crippen MR) is 62.7 cm³/mol. The van der Waals surface area contributed by atoms with E-state index < -0.39 is 5.97 Å². The molecule has 0 saturated heterocycles. The van der Waals surface area contributed by atoms with Crippen molar-refractivity contribution in [2.24, 2.45) is 0 Å². The summed E-state index contributed by atoms with van der Waals surface area (Å²) in [6, 6.07) is 10.6. The lowest BCUT2D eigenvalue weighted by Crippen LogP contribution is -2.12. The third-order valence-corrected chi connectivity index (χ3v) is 2.38. The molecule has 0 aliphatic heterocycles. The predicted octanol–water partition coefficient (Wildman–Crippen LogP) is 2.27. The number of hydrogen-bond acceptors (Lipinski definition) is 3. The Kier molecular flexibility index (Phi) is 3.57. The summed E-state index contributed by atoms with van der Waals surface area (Å²) < 4.78 is 5.18. The fraction of sp³-hybridized carbons (Fsp3) is 0.154. The second kappa shape index (κ2) is 5.32. The van der Waals surface area contributed by atoms with Gasteiger partial charge in [0.25, 0.3) is 0 Å². The van der Waals surface area contributed by atoms with Crippen LogP contribution in [-0.2, 0) is 13.1 Å². The number of aromatic carboxylic acids is 1. The van der Waals surface area contributed by atoms with Gasteiger partial charge < -0.3 is 14.8 Å². The summed E-state index contributed by atoms with van der Waals surface area (Å²) in [5.74, 6) is -0.0442. The van der Waals surface area contributed by atoms with Crippen molar-refractivity contribution in [3.8, 4) is 0 Å². The smallest absolute Gasteiger partial charge is 0.335 e. The number of nitrogens with one attached hydrogen (secondary N) is 1. The van der Waals surface area contributed by atoms with Crippen LogP contribution in [0.25, 0.3) is 0 Å². The maximum atomic E-state index is 10.8. The van der Waals surface area contributed by atoms with E-state index in [-0.39, 0.29) is 0 Å². The molecule has 0 unspecified atom stereocenters. The molecule has 1 aromatic heterocycles. The van der Waals surface area contributed by atoms with Crippen LogP contribution < -0.4 is 5.32 Å². The number of benzene rings is 1. The van der Waals surface area contributed by atoms with Crippen molar-refractivity contribution in [3.05, 3.63) is 59.5 Å². The monoisotopic (exact) mass is 231 g/mol. The summed E-state index contributed by atoms with van der Waals surface area (Å²) in [7, 11) is 0. The van der Waals surface area contributed by atoms with Gasteiger partial charge in [0, 0.05) is 6.54 Å². The van der Waals surface area contributed by atoms with E-state index in [1.54, 1.807) is 24.5 Å². The van der Waals surface area contributed by atoms with Gasteiger partial charge in [0.2, 0.25) is 0 Å². The average molecular weight is 231 g/mol. The van der Waals surface area contributed by atoms with Crippen LogP contribution in [0.1, 0.15) is 21.7 Å². The van der Waals surface area contributed by atoms with Gasteiger partial charge in [-0.3, -0.25) is 0 Å². The van der Waals surface area contributed by atoms with Crippen molar-refractivity contribution in [3.63, 3.8) is 0 Å². The lowest BCUT2D eigenvalue weighted by Gasteiger charge is -2.04. The molecule has 2 aromatic rings. The Morgan fingerprint density at radius 1 is 1.24 bits per heavy atom. The van der Waals surface area contributed by atoms with Gasteiger partial charge in [0.05, 0.1) is 18.4 Å². The molecule has 2 rings (SSSR count). The largest absolute Gasteiger partial charge is 0.478 e. The van der Waals surface area contributed by atoms with Gasteiger partial charge >= 0.3 is 5.97 Å². The van der Waals surface area contributed by atoms with E-state index in [0.29, 0.717) is 18.7 Å². The zero-order chi connectivity index (χ0) is 12.1. The Morgan fingerprint density at radius 3 is 2.82 bits per heavy atom. The van der Waals surface area contributed by atoms with Crippen LogP contribution >= 0.6 is 0 Å². The van der Waals surface area contributed by atoms with E-state index in [4.69, 9.17) is 9.52 Å². The minimum absolute atomic E-state index is 0.308. The molecule has 0 spiro atoms. The number of carboxylic acids is 1. The van der Waals surface area contributed by atoms with Gasteiger partial charge in [-0.2, -0.15) is 0 Å². The summed E-state index contributed by atoms with van der Waals surface area (Å²) >= 11 is 0. The van der Waals surface area contributed by atoms with Gasteiger partial charge in [-0.1, -0.05) is 12.1 Å². The minimum atomic E-state index is -0.905. The Morgan fingerprint density at radius 2 is 2.12 bits per heavy atom. The van der Waals surface area contributed by atoms with Crippen LogP contribution in [-0.4, -0.2) is 11.1 Å². The highest BCUT2D eigenvalue weighted by molar-refractivity contribution is 5.87. The van der Waals surface area contributed by atoms with Gasteiger partial charge in [-0.15, -0.1) is 0 Å². The molecule has 4 nitrogen and oxygen atoms in total. The summed E-state index contributed by atoms with van der Waals surface area (Å²) in [5.41, 5.74) is 1.25. The van der Waals surface area contributed by atoms with Crippen LogP contribution in [0.4, 0.5) is 0 Å². The fourth-order valence-corrected chi connectivity index (χ4v) is 1.56. The third-order valence-electron chi connectivity index (χ3n) is 2.38. The highest BCUT2D eigenvalue weighted by atomic mass is 16.4. The quantitative estimate of drug-likeness (QED) is 0.828. The van der Waals surface area contributed by atoms with Crippen molar-refractivity contribution in [1.29, 1.82) is 0 Å². The van der Waals surface area contributed by atoms with Crippen LogP contribution in [0.15, 0.2) is 47.1 Å². The first kappa shape index (κ1) is 11.4. The van der Waals surface area contributed by atoms with Crippen LogP contribution in [0.2, 0.25) is 0 Å². The number of rotatable bonds is 5. The van der Waals surface area contributed by atoms with E-state index >= 15 is 0 Å². The van der Waals surface area contributed by atoms with E-state index in [1.807, 2.05) is 18.2 Å². The average Bonchev–Trinajstić information content (AvgIpc) is 2.82. The first-order valence-electron chi connectivity index (χ1n) is 5.31. The lowest BCUT2D eigenvalue weighted by atomic mass is 10.1. The highest BCUT2D eigenvalue weighted by Crippen LogP contribution is 2.06. The van der Waals surface area contributed by atoms with E-state index in [9.17, 15) is 4.79 Å². The fourth-order valence-electron chi connectivity index (χ4n) is 1.56.